The molecule has 0 aliphatic carbocycles. The molecule has 1 aliphatic heterocycles. The molecule has 1 N–H and O–H groups in total. The molecule has 7 heteroatoms. The van der Waals surface area contributed by atoms with E-state index in [2.05, 4.69) is 5.32 Å². The fourth-order valence-electron chi connectivity index (χ4n) is 1.31. The molecule has 0 bridgehead atoms. The fraction of sp³-hybridized carbons (Fsp3) is 0.222. The van der Waals surface area contributed by atoms with Gasteiger partial charge in [-0.1, -0.05) is 46.4 Å². The van der Waals surface area contributed by atoms with E-state index in [9.17, 15) is 4.79 Å². The lowest BCUT2D eigenvalue weighted by molar-refractivity contribution is -0.115. The third kappa shape index (κ3) is 2.12. The van der Waals surface area contributed by atoms with E-state index in [1.165, 1.54) is 11.8 Å². The second kappa shape index (κ2) is 4.83. The molecule has 16 heavy (non-hydrogen) atoms. The van der Waals surface area contributed by atoms with Crippen LogP contribution in [0.15, 0.2) is 4.90 Å². The van der Waals surface area contributed by atoms with Crippen molar-refractivity contribution in [1.82, 2.24) is 0 Å². The smallest absolute Gasteiger partial charge is 0.225 e. The lowest BCUT2D eigenvalue weighted by Crippen LogP contribution is -2.10. The van der Waals surface area contributed by atoms with Crippen LogP contribution in [0.4, 0.5) is 5.69 Å². The first-order valence-corrected chi connectivity index (χ1v) is 6.80. The van der Waals surface area contributed by atoms with Crippen LogP contribution in [0.25, 0.3) is 0 Å². The molecule has 1 heterocycles. The van der Waals surface area contributed by atoms with Crippen molar-refractivity contribution in [3.63, 3.8) is 0 Å². The first-order chi connectivity index (χ1) is 7.52. The summed E-state index contributed by atoms with van der Waals surface area (Å²) in [7, 11) is 0. The van der Waals surface area contributed by atoms with Crippen LogP contribution >= 0.6 is 58.2 Å². The summed E-state index contributed by atoms with van der Waals surface area (Å²) in [5, 5.41) is 3.62. The maximum absolute atomic E-state index is 11.4. The third-order valence-corrected chi connectivity index (χ3v) is 5.08. The fourth-order valence-corrected chi connectivity index (χ4v) is 3.50. The van der Waals surface area contributed by atoms with Crippen LogP contribution in [0, 0.1) is 0 Å². The van der Waals surface area contributed by atoms with Gasteiger partial charge in [-0.05, 0) is 0 Å². The van der Waals surface area contributed by atoms with Crippen molar-refractivity contribution in [3.8, 4) is 0 Å². The van der Waals surface area contributed by atoms with Crippen LogP contribution in [0.1, 0.15) is 6.42 Å². The summed E-state index contributed by atoms with van der Waals surface area (Å²) >= 11 is 25.4. The Bertz CT molecular complexity index is 477. The maximum Gasteiger partial charge on any atom is 0.225 e. The van der Waals surface area contributed by atoms with Crippen molar-refractivity contribution in [2.45, 2.75) is 11.3 Å². The summed E-state index contributed by atoms with van der Waals surface area (Å²) in [6.45, 7) is 0. The predicted octanol–water partition coefficient (Wildman–Crippen LogP) is 4.73. The Hall–Kier alpha value is 0.200. The van der Waals surface area contributed by atoms with Gasteiger partial charge in [0.15, 0.2) is 0 Å². The van der Waals surface area contributed by atoms with E-state index in [1.54, 1.807) is 0 Å². The Labute approximate surface area is 117 Å². The summed E-state index contributed by atoms with van der Waals surface area (Å²) in [5.41, 5.74) is 0.452. The second-order valence-corrected chi connectivity index (χ2v) is 5.72. The Kier molecular flexibility index (Phi) is 3.82. The van der Waals surface area contributed by atoms with E-state index in [4.69, 9.17) is 46.4 Å². The van der Waals surface area contributed by atoms with Crippen LogP contribution < -0.4 is 5.32 Å². The van der Waals surface area contributed by atoms with Crippen LogP contribution in [0.5, 0.6) is 0 Å². The highest BCUT2D eigenvalue weighted by Crippen LogP contribution is 2.49. The van der Waals surface area contributed by atoms with Gasteiger partial charge in [-0.2, -0.15) is 0 Å². The Morgan fingerprint density at radius 1 is 1.00 bits per heavy atom. The molecule has 0 saturated heterocycles. The predicted molar refractivity (Wildman–Crippen MR) is 70.5 cm³/mol. The van der Waals surface area contributed by atoms with Crippen LogP contribution in [-0.4, -0.2) is 11.7 Å². The maximum atomic E-state index is 11.4. The highest BCUT2D eigenvalue weighted by atomic mass is 35.5. The molecule has 1 aliphatic rings. The second-order valence-electron chi connectivity index (χ2n) is 3.11. The van der Waals surface area contributed by atoms with Crippen LogP contribution in [-0.2, 0) is 4.79 Å². The minimum atomic E-state index is -0.109. The topological polar surface area (TPSA) is 29.1 Å². The number of hydrogen-bond acceptors (Lipinski definition) is 2. The molecule has 2 nitrogen and oxygen atoms in total. The van der Waals surface area contributed by atoms with Gasteiger partial charge in [0.1, 0.15) is 0 Å². The van der Waals surface area contributed by atoms with Gasteiger partial charge in [0, 0.05) is 12.2 Å². The highest BCUT2D eigenvalue weighted by Gasteiger charge is 2.24. The molecule has 1 amide bonds. The number of benzene rings is 1. The first kappa shape index (κ1) is 12.7. The van der Waals surface area contributed by atoms with E-state index in [1.807, 2.05) is 0 Å². The van der Waals surface area contributed by atoms with Gasteiger partial charge in [0.2, 0.25) is 5.91 Å². The summed E-state index contributed by atoms with van der Waals surface area (Å²) in [6.07, 6.45) is 0.404. The minimum absolute atomic E-state index is 0.109. The standard InChI is InChI=1S/C9H5Cl4NOS/c10-4-5(11)7(13)9-8(6(4)12)14-3(15)1-2-16-9/h1-2H2,(H,14,15). The molecule has 0 unspecified atom stereocenters. The van der Waals surface area contributed by atoms with Crippen LogP contribution in [0.3, 0.4) is 0 Å². The molecule has 0 atom stereocenters. The van der Waals surface area contributed by atoms with Crippen molar-refractivity contribution in [2.75, 3.05) is 11.1 Å². The molecule has 1 aromatic carbocycles. The lowest BCUT2D eigenvalue weighted by atomic mass is 10.3. The van der Waals surface area contributed by atoms with Crippen molar-refractivity contribution in [3.05, 3.63) is 20.1 Å². The average molecular weight is 317 g/mol. The van der Waals surface area contributed by atoms with E-state index >= 15 is 0 Å². The minimum Gasteiger partial charge on any atom is -0.324 e. The number of thioether (sulfide) groups is 1. The number of amides is 1. The van der Waals surface area contributed by atoms with Crippen molar-refractivity contribution >= 4 is 69.8 Å². The molecule has 0 spiro atoms. The Morgan fingerprint density at radius 3 is 2.31 bits per heavy atom. The number of carbonyl (C=O) groups excluding carboxylic acids is 1. The summed E-state index contributed by atoms with van der Waals surface area (Å²) < 4.78 is 0. The monoisotopic (exact) mass is 315 g/mol. The van der Waals surface area contributed by atoms with Gasteiger partial charge in [-0.3, -0.25) is 4.79 Å². The number of hydrogen-bond donors (Lipinski definition) is 1. The molecule has 86 valence electrons. The van der Waals surface area contributed by atoms with Gasteiger partial charge in [0.25, 0.3) is 0 Å². The normalized spacial score (nSPS) is 15.4. The van der Waals surface area contributed by atoms with Gasteiger partial charge >= 0.3 is 0 Å². The summed E-state index contributed by atoms with van der Waals surface area (Å²) in [6, 6.07) is 0. The van der Waals surface area contributed by atoms with Gasteiger partial charge in [-0.25, -0.2) is 0 Å². The molecule has 0 radical (unpaired) electrons. The molecule has 0 saturated carbocycles. The van der Waals surface area contributed by atoms with Crippen molar-refractivity contribution < 1.29 is 4.79 Å². The highest BCUT2D eigenvalue weighted by molar-refractivity contribution is 7.99. The van der Waals surface area contributed by atoms with E-state index in [0.29, 0.717) is 27.8 Å². The van der Waals surface area contributed by atoms with Gasteiger partial charge in [0.05, 0.1) is 30.7 Å². The molecule has 1 aromatic rings. The molecule has 0 fully saturated rings. The SMILES string of the molecule is O=C1CCSc2c(Cl)c(Cl)c(Cl)c(Cl)c2N1. The largest absolute Gasteiger partial charge is 0.324 e. The molecule has 0 aromatic heterocycles. The third-order valence-electron chi connectivity index (χ3n) is 2.06. The average Bonchev–Trinajstić information content (AvgIpc) is 2.45. The number of halogens is 4. The summed E-state index contributed by atoms with van der Waals surface area (Å²) in [4.78, 5) is 12.1. The van der Waals surface area contributed by atoms with Crippen molar-refractivity contribution in [2.24, 2.45) is 0 Å². The zero-order chi connectivity index (χ0) is 11.9. The zero-order valence-electron chi connectivity index (χ0n) is 7.74. The Balaban J connectivity index is 2.68. The molecular weight excluding hydrogens is 312 g/mol. The van der Waals surface area contributed by atoms with Crippen LogP contribution in [0.2, 0.25) is 20.1 Å². The van der Waals surface area contributed by atoms with E-state index in [-0.39, 0.29) is 21.0 Å². The van der Waals surface area contributed by atoms with Crippen molar-refractivity contribution in [1.29, 1.82) is 0 Å². The van der Waals surface area contributed by atoms with Gasteiger partial charge < -0.3 is 5.32 Å². The molecule has 2 rings (SSSR count). The van der Waals surface area contributed by atoms with E-state index < -0.39 is 0 Å². The molecular formula is C9H5Cl4NOS. The first-order valence-electron chi connectivity index (χ1n) is 4.31. The number of fused-ring (bicyclic) bond motifs is 1. The number of carbonyl (C=O) groups is 1. The zero-order valence-corrected chi connectivity index (χ0v) is 11.6. The number of nitrogens with one attached hydrogen (secondary N) is 1. The number of rotatable bonds is 0. The van der Waals surface area contributed by atoms with E-state index in [0.717, 1.165) is 0 Å². The quantitative estimate of drug-likeness (QED) is 0.553. The Morgan fingerprint density at radius 2 is 1.62 bits per heavy atom. The lowest BCUT2D eigenvalue weighted by Gasteiger charge is -2.13. The summed E-state index contributed by atoms with van der Waals surface area (Å²) in [5.74, 6) is 0.523. The number of anilines is 1. The van der Waals surface area contributed by atoms with Gasteiger partial charge in [-0.15, -0.1) is 11.8 Å².